The van der Waals surface area contributed by atoms with Gasteiger partial charge in [-0.1, -0.05) is 32.0 Å². The van der Waals surface area contributed by atoms with Crippen molar-refractivity contribution in [3.05, 3.63) is 53.7 Å². The first-order chi connectivity index (χ1) is 8.72. The van der Waals surface area contributed by atoms with E-state index in [1.165, 1.54) is 0 Å². The van der Waals surface area contributed by atoms with Gasteiger partial charge in [0.2, 0.25) is 5.88 Å². The maximum absolute atomic E-state index is 9.25. The highest BCUT2D eigenvalue weighted by atomic mass is 16.5. The third-order valence-corrected chi connectivity index (χ3v) is 2.77. The van der Waals surface area contributed by atoms with Gasteiger partial charge in [0.15, 0.2) is 0 Å². The summed E-state index contributed by atoms with van der Waals surface area (Å²) in [6.45, 7) is 4.16. The van der Waals surface area contributed by atoms with Crippen LogP contribution in [-0.4, -0.2) is 10.1 Å². The molecule has 2 aromatic rings. The zero-order valence-corrected chi connectivity index (χ0v) is 10.6. The van der Waals surface area contributed by atoms with Gasteiger partial charge in [0, 0.05) is 11.8 Å². The number of rotatable bonds is 4. The first kappa shape index (κ1) is 12.6. The van der Waals surface area contributed by atoms with Crippen LogP contribution >= 0.6 is 0 Å². The summed E-state index contributed by atoms with van der Waals surface area (Å²) in [6.07, 6.45) is 1.66. The van der Waals surface area contributed by atoms with Gasteiger partial charge >= 0.3 is 0 Å². The Hall–Kier alpha value is -1.87. The molecule has 1 aromatic carbocycles. The SMILES string of the molecule is CC(C)c1ccccc1Oc1ncccc1CO. The quantitative estimate of drug-likeness (QED) is 0.893. The van der Waals surface area contributed by atoms with Crippen LogP contribution in [0.25, 0.3) is 0 Å². The van der Waals surface area contributed by atoms with Crippen molar-refractivity contribution in [2.75, 3.05) is 0 Å². The highest BCUT2D eigenvalue weighted by Gasteiger charge is 2.10. The van der Waals surface area contributed by atoms with E-state index in [0.717, 1.165) is 11.3 Å². The van der Waals surface area contributed by atoms with Crippen LogP contribution in [0.1, 0.15) is 30.9 Å². The van der Waals surface area contributed by atoms with Gasteiger partial charge in [-0.05, 0) is 29.7 Å². The van der Waals surface area contributed by atoms with Gasteiger partial charge in [0.25, 0.3) is 0 Å². The summed E-state index contributed by atoms with van der Waals surface area (Å²) in [7, 11) is 0. The summed E-state index contributed by atoms with van der Waals surface area (Å²) in [6, 6.07) is 11.5. The van der Waals surface area contributed by atoms with Crippen molar-refractivity contribution in [1.82, 2.24) is 4.98 Å². The van der Waals surface area contributed by atoms with Gasteiger partial charge in [0.1, 0.15) is 5.75 Å². The zero-order chi connectivity index (χ0) is 13.0. The molecule has 0 amide bonds. The molecule has 1 aromatic heterocycles. The van der Waals surface area contributed by atoms with Gasteiger partial charge in [-0.2, -0.15) is 0 Å². The van der Waals surface area contributed by atoms with Gasteiger partial charge in [-0.15, -0.1) is 0 Å². The van der Waals surface area contributed by atoms with Crippen molar-refractivity contribution in [3.63, 3.8) is 0 Å². The van der Waals surface area contributed by atoms with E-state index in [4.69, 9.17) is 4.74 Å². The van der Waals surface area contributed by atoms with Crippen LogP contribution in [0, 0.1) is 0 Å². The normalized spacial score (nSPS) is 10.7. The molecular weight excluding hydrogens is 226 g/mol. The fourth-order valence-corrected chi connectivity index (χ4v) is 1.79. The molecule has 2 rings (SSSR count). The van der Waals surface area contributed by atoms with Gasteiger partial charge in [-0.3, -0.25) is 0 Å². The maximum Gasteiger partial charge on any atom is 0.224 e. The van der Waals surface area contributed by atoms with E-state index in [1.54, 1.807) is 18.3 Å². The van der Waals surface area contributed by atoms with Gasteiger partial charge in [-0.25, -0.2) is 4.98 Å². The van der Waals surface area contributed by atoms with Crippen molar-refractivity contribution in [2.45, 2.75) is 26.4 Å². The third-order valence-electron chi connectivity index (χ3n) is 2.77. The maximum atomic E-state index is 9.25. The molecule has 0 saturated heterocycles. The van der Waals surface area contributed by atoms with Crippen molar-refractivity contribution in [1.29, 1.82) is 0 Å². The number of pyridine rings is 1. The second kappa shape index (κ2) is 5.65. The van der Waals surface area contributed by atoms with Crippen LogP contribution in [0.2, 0.25) is 0 Å². The average molecular weight is 243 g/mol. The molecular formula is C15H17NO2. The van der Waals surface area contributed by atoms with Gasteiger partial charge < -0.3 is 9.84 Å². The second-order valence-electron chi connectivity index (χ2n) is 4.42. The molecule has 3 nitrogen and oxygen atoms in total. The first-order valence-electron chi connectivity index (χ1n) is 6.04. The minimum atomic E-state index is -0.0764. The minimum Gasteiger partial charge on any atom is -0.438 e. The Morgan fingerprint density at radius 1 is 1.17 bits per heavy atom. The molecule has 0 fully saturated rings. The zero-order valence-electron chi connectivity index (χ0n) is 10.6. The Morgan fingerprint density at radius 3 is 2.67 bits per heavy atom. The van der Waals surface area contributed by atoms with Crippen molar-refractivity contribution >= 4 is 0 Å². The lowest BCUT2D eigenvalue weighted by Gasteiger charge is -2.14. The lowest BCUT2D eigenvalue weighted by atomic mass is 10.0. The number of hydrogen-bond donors (Lipinski definition) is 1. The summed E-state index contributed by atoms with van der Waals surface area (Å²) in [5.74, 6) is 1.64. The van der Waals surface area contributed by atoms with Crippen LogP contribution < -0.4 is 4.74 Å². The van der Waals surface area contributed by atoms with Crippen molar-refractivity contribution in [2.24, 2.45) is 0 Å². The minimum absolute atomic E-state index is 0.0764. The molecule has 18 heavy (non-hydrogen) atoms. The number of para-hydroxylation sites is 1. The Labute approximate surface area is 107 Å². The molecule has 0 aliphatic carbocycles. The number of hydrogen-bond acceptors (Lipinski definition) is 3. The Balaban J connectivity index is 2.34. The summed E-state index contributed by atoms with van der Waals surface area (Å²) >= 11 is 0. The molecule has 0 saturated carbocycles. The number of aliphatic hydroxyl groups is 1. The van der Waals surface area contributed by atoms with E-state index in [-0.39, 0.29) is 6.61 Å². The molecule has 94 valence electrons. The molecule has 0 aliphatic rings. The lowest BCUT2D eigenvalue weighted by Crippen LogP contribution is -1.98. The number of nitrogens with zero attached hydrogens (tertiary/aromatic N) is 1. The Bertz CT molecular complexity index is 523. The molecule has 3 heteroatoms. The van der Waals surface area contributed by atoms with Crippen LogP contribution in [0.5, 0.6) is 11.6 Å². The molecule has 0 aliphatic heterocycles. The molecule has 0 spiro atoms. The number of ether oxygens (including phenoxy) is 1. The van der Waals surface area contributed by atoms with E-state index >= 15 is 0 Å². The summed E-state index contributed by atoms with van der Waals surface area (Å²) in [5, 5.41) is 9.25. The van der Waals surface area contributed by atoms with Crippen molar-refractivity contribution < 1.29 is 9.84 Å². The van der Waals surface area contributed by atoms with Crippen LogP contribution in [0.3, 0.4) is 0 Å². The van der Waals surface area contributed by atoms with E-state index in [2.05, 4.69) is 18.8 Å². The first-order valence-corrected chi connectivity index (χ1v) is 6.04. The number of aromatic nitrogens is 1. The monoisotopic (exact) mass is 243 g/mol. The number of aliphatic hydroxyl groups excluding tert-OH is 1. The van der Waals surface area contributed by atoms with E-state index < -0.39 is 0 Å². The standard InChI is InChI=1S/C15H17NO2/c1-11(2)13-7-3-4-8-14(13)18-15-12(10-17)6-5-9-16-15/h3-9,11,17H,10H2,1-2H3. The topological polar surface area (TPSA) is 42.4 Å². The summed E-state index contributed by atoms with van der Waals surface area (Å²) in [4.78, 5) is 4.16. The van der Waals surface area contributed by atoms with Crippen LogP contribution in [0.4, 0.5) is 0 Å². The molecule has 0 unspecified atom stereocenters. The molecule has 1 N–H and O–H groups in total. The smallest absolute Gasteiger partial charge is 0.224 e. The molecule has 0 bridgehead atoms. The van der Waals surface area contributed by atoms with E-state index in [0.29, 0.717) is 17.4 Å². The summed E-state index contributed by atoms with van der Waals surface area (Å²) < 4.78 is 5.82. The highest BCUT2D eigenvalue weighted by Crippen LogP contribution is 2.30. The second-order valence-corrected chi connectivity index (χ2v) is 4.42. The summed E-state index contributed by atoms with van der Waals surface area (Å²) in [5.41, 5.74) is 1.82. The fourth-order valence-electron chi connectivity index (χ4n) is 1.79. The Kier molecular flexibility index (Phi) is 3.95. The lowest BCUT2D eigenvalue weighted by molar-refractivity contribution is 0.275. The van der Waals surface area contributed by atoms with Crippen LogP contribution in [-0.2, 0) is 6.61 Å². The van der Waals surface area contributed by atoms with Crippen LogP contribution in [0.15, 0.2) is 42.6 Å². The molecule has 0 atom stereocenters. The van der Waals surface area contributed by atoms with E-state index in [1.807, 2.05) is 24.3 Å². The fraction of sp³-hybridized carbons (Fsp3) is 0.267. The predicted octanol–water partition coefficient (Wildman–Crippen LogP) is 3.49. The van der Waals surface area contributed by atoms with Gasteiger partial charge in [0.05, 0.1) is 6.61 Å². The molecule has 0 radical (unpaired) electrons. The Morgan fingerprint density at radius 2 is 1.94 bits per heavy atom. The van der Waals surface area contributed by atoms with E-state index in [9.17, 15) is 5.11 Å². The molecule has 1 heterocycles. The number of benzene rings is 1. The predicted molar refractivity (Wildman–Crippen MR) is 70.8 cm³/mol. The van der Waals surface area contributed by atoms with Crippen molar-refractivity contribution in [3.8, 4) is 11.6 Å². The highest BCUT2D eigenvalue weighted by molar-refractivity contribution is 5.39. The third kappa shape index (κ3) is 2.68. The largest absolute Gasteiger partial charge is 0.438 e. The average Bonchev–Trinajstić information content (AvgIpc) is 2.40.